The highest BCUT2D eigenvalue weighted by atomic mass is 16.3. The summed E-state index contributed by atoms with van der Waals surface area (Å²) < 4.78 is 0. The maximum atomic E-state index is 12.4. The van der Waals surface area contributed by atoms with Crippen molar-refractivity contribution in [2.45, 2.75) is 63.5 Å². The van der Waals surface area contributed by atoms with Crippen LogP contribution in [0.5, 0.6) is 5.75 Å². The fraction of sp³-hybridized carbons (Fsp3) is 0.619. The number of rotatable bonds is 5. The maximum Gasteiger partial charge on any atom is 0.220 e. The number of phenols is 1. The van der Waals surface area contributed by atoms with Gasteiger partial charge in [0.2, 0.25) is 12.3 Å². The number of nitrogens with two attached hydrogens (primary N) is 1. The van der Waals surface area contributed by atoms with E-state index in [1.165, 1.54) is 0 Å². The SMILES string of the molecule is CCCC1(O)C(C)N(C)CCC1(CC(=O)NC)c1cc(O)ccc1C.NC=O. The molecule has 1 aliphatic rings. The third-order valence-electron chi connectivity index (χ3n) is 6.18. The van der Waals surface area contributed by atoms with Crippen LogP contribution in [0.3, 0.4) is 0 Å². The number of amides is 2. The van der Waals surface area contributed by atoms with Crippen molar-refractivity contribution < 1.29 is 19.8 Å². The summed E-state index contributed by atoms with van der Waals surface area (Å²) in [6.07, 6.45) is 2.55. The van der Waals surface area contributed by atoms with Gasteiger partial charge in [-0.1, -0.05) is 19.4 Å². The Hall–Kier alpha value is -2.12. The molecule has 0 bridgehead atoms. The monoisotopic (exact) mass is 393 g/mol. The van der Waals surface area contributed by atoms with E-state index in [0.717, 1.165) is 24.1 Å². The fourth-order valence-electron chi connectivity index (χ4n) is 4.56. The number of likely N-dealkylation sites (N-methyl/N-ethyl adjacent to an activating group) is 1. The van der Waals surface area contributed by atoms with Crippen LogP contribution in [0, 0.1) is 6.92 Å². The molecule has 0 aromatic heterocycles. The number of phenolic OH excluding ortho intramolecular Hbond substituents is 1. The zero-order chi connectivity index (χ0) is 21.5. The van der Waals surface area contributed by atoms with Crippen molar-refractivity contribution in [1.82, 2.24) is 10.2 Å². The fourth-order valence-corrected chi connectivity index (χ4v) is 4.56. The van der Waals surface area contributed by atoms with Crippen molar-refractivity contribution in [3.05, 3.63) is 29.3 Å². The second-order valence-electron chi connectivity index (χ2n) is 7.65. The first-order valence-electron chi connectivity index (χ1n) is 9.72. The third-order valence-corrected chi connectivity index (χ3v) is 6.18. The molecule has 7 nitrogen and oxygen atoms in total. The van der Waals surface area contributed by atoms with Gasteiger partial charge in [0.15, 0.2) is 0 Å². The van der Waals surface area contributed by atoms with Gasteiger partial charge in [0.05, 0.1) is 5.60 Å². The highest BCUT2D eigenvalue weighted by Crippen LogP contribution is 2.51. The quantitative estimate of drug-likeness (QED) is 0.565. The van der Waals surface area contributed by atoms with Gasteiger partial charge in [-0.3, -0.25) is 9.59 Å². The zero-order valence-corrected chi connectivity index (χ0v) is 17.7. The van der Waals surface area contributed by atoms with Gasteiger partial charge in [0, 0.05) is 24.9 Å². The van der Waals surface area contributed by atoms with Crippen LogP contribution in [0.4, 0.5) is 0 Å². The number of aromatic hydroxyl groups is 1. The minimum absolute atomic E-state index is 0.0889. The summed E-state index contributed by atoms with van der Waals surface area (Å²) in [7, 11) is 3.65. The van der Waals surface area contributed by atoms with Crippen LogP contribution in [0.2, 0.25) is 0 Å². The number of piperidine rings is 1. The number of primary amides is 1. The molecule has 0 radical (unpaired) electrons. The predicted molar refractivity (Wildman–Crippen MR) is 110 cm³/mol. The number of hydrogen-bond acceptors (Lipinski definition) is 5. The molecule has 1 saturated heterocycles. The average Bonchev–Trinajstić information content (AvgIpc) is 2.65. The van der Waals surface area contributed by atoms with Gasteiger partial charge in [-0.25, -0.2) is 0 Å². The molecule has 1 aromatic carbocycles. The summed E-state index contributed by atoms with van der Waals surface area (Å²) in [5.74, 6) is 0.0799. The van der Waals surface area contributed by atoms with Crippen LogP contribution in [-0.2, 0) is 15.0 Å². The van der Waals surface area contributed by atoms with E-state index in [2.05, 4.69) is 22.9 Å². The Morgan fingerprint density at radius 2 is 2.07 bits per heavy atom. The largest absolute Gasteiger partial charge is 0.508 e. The molecule has 7 heteroatoms. The number of carbonyl (C=O) groups is 2. The van der Waals surface area contributed by atoms with Crippen molar-refractivity contribution in [3.63, 3.8) is 0 Å². The molecule has 1 heterocycles. The molecule has 1 aliphatic heterocycles. The van der Waals surface area contributed by atoms with Crippen LogP contribution >= 0.6 is 0 Å². The summed E-state index contributed by atoms with van der Waals surface area (Å²) in [6, 6.07) is 5.17. The Labute approximate surface area is 167 Å². The average molecular weight is 394 g/mol. The first kappa shape index (κ1) is 23.9. The lowest BCUT2D eigenvalue weighted by Crippen LogP contribution is -2.67. The topological polar surface area (TPSA) is 116 Å². The zero-order valence-electron chi connectivity index (χ0n) is 17.7. The lowest BCUT2D eigenvalue weighted by molar-refractivity contribution is -0.147. The molecule has 28 heavy (non-hydrogen) atoms. The Balaban J connectivity index is 0.00000122. The van der Waals surface area contributed by atoms with Crippen LogP contribution in [0.15, 0.2) is 18.2 Å². The molecule has 0 saturated carbocycles. The summed E-state index contributed by atoms with van der Waals surface area (Å²) in [5.41, 5.74) is 4.26. The standard InChI is InChI=1S/C20H32N2O3.CH3NO/c1-6-9-20(25)15(3)22(5)11-10-19(20,13-18(24)21-4)17-12-16(23)8-7-14(17)2;2-1-3/h7-8,12,15,23,25H,6,9-11,13H2,1-5H3,(H,21,24);1H,(H2,2,3). The normalized spacial score (nSPS) is 27.4. The maximum absolute atomic E-state index is 12.4. The van der Waals surface area contributed by atoms with E-state index in [-0.39, 0.29) is 30.5 Å². The molecule has 2 amide bonds. The van der Waals surface area contributed by atoms with Gasteiger partial charge < -0.3 is 26.2 Å². The van der Waals surface area contributed by atoms with E-state index in [4.69, 9.17) is 4.79 Å². The van der Waals surface area contributed by atoms with Gasteiger partial charge in [-0.15, -0.1) is 0 Å². The molecule has 3 atom stereocenters. The van der Waals surface area contributed by atoms with E-state index in [1.807, 2.05) is 27.0 Å². The smallest absolute Gasteiger partial charge is 0.220 e. The molecule has 1 aromatic rings. The van der Waals surface area contributed by atoms with Gasteiger partial charge in [-0.05, 0) is 63.5 Å². The van der Waals surface area contributed by atoms with Crippen LogP contribution in [0.1, 0.15) is 50.7 Å². The first-order chi connectivity index (χ1) is 13.1. The van der Waals surface area contributed by atoms with Crippen molar-refractivity contribution in [2.24, 2.45) is 5.73 Å². The minimum Gasteiger partial charge on any atom is -0.508 e. The summed E-state index contributed by atoms with van der Waals surface area (Å²) in [4.78, 5) is 23.2. The number of aryl methyl sites for hydroxylation is 1. The number of aliphatic hydroxyl groups is 1. The number of hydrogen-bond donors (Lipinski definition) is 4. The molecule has 0 aliphatic carbocycles. The van der Waals surface area contributed by atoms with Crippen molar-refractivity contribution in [1.29, 1.82) is 0 Å². The van der Waals surface area contributed by atoms with E-state index in [9.17, 15) is 15.0 Å². The number of benzene rings is 1. The second kappa shape index (κ2) is 9.89. The molecule has 2 rings (SSSR count). The second-order valence-corrected chi connectivity index (χ2v) is 7.65. The number of nitrogens with zero attached hydrogens (tertiary/aromatic N) is 1. The molecular formula is C21H35N3O4. The van der Waals surface area contributed by atoms with Crippen LogP contribution < -0.4 is 11.1 Å². The van der Waals surface area contributed by atoms with Crippen LogP contribution in [-0.4, -0.2) is 59.7 Å². The highest BCUT2D eigenvalue weighted by molar-refractivity contribution is 5.78. The molecule has 5 N–H and O–H groups in total. The third kappa shape index (κ3) is 4.47. The van der Waals surface area contributed by atoms with Crippen molar-refractivity contribution in [2.75, 3.05) is 20.6 Å². The Kier molecular flexibility index (Phi) is 8.45. The predicted octanol–water partition coefficient (Wildman–Crippen LogP) is 1.43. The number of carbonyl (C=O) groups excluding carboxylic acids is 2. The van der Waals surface area contributed by atoms with E-state index in [0.29, 0.717) is 12.8 Å². The molecule has 0 spiro atoms. The van der Waals surface area contributed by atoms with Crippen molar-refractivity contribution in [3.8, 4) is 5.75 Å². The Morgan fingerprint density at radius 1 is 1.46 bits per heavy atom. The van der Waals surface area contributed by atoms with Gasteiger partial charge in [0.1, 0.15) is 5.75 Å². The lowest BCUT2D eigenvalue weighted by atomic mass is 9.56. The molecule has 158 valence electrons. The van der Waals surface area contributed by atoms with Gasteiger partial charge in [-0.2, -0.15) is 0 Å². The van der Waals surface area contributed by atoms with E-state index in [1.54, 1.807) is 19.2 Å². The summed E-state index contributed by atoms with van der Waals surface area (Å²) in [6.45, 7) is 6.86. The van der Waals surface area contributed by atoms with E-state index < -0.39 is 11.0 Å². The van der Waals surface area contributed by atoms with Crippen LogP contribution in [0.25, 0.3) is 0 Å². The Bertz CT molecular complexity index is 682. The first-order valence-corrected chi connectivity index (χ1v) is 9.72. The van der Waals surface area contributed by atoms with Crippen molar-refractivity contribution >= 4 is 12.3 Å². The Morgan fingerprint density at radius 3 is 2.61 bits per heavy atom. The van der Waals surface area contributed by atoms with Gasteiger partial charge in [0.25, 0.3) is 0 Å². The summed E-state index contributed by atoms with van der Waals surface area (Å²) >= 11 is 0. The molecular weight excluding hydrogens is 358 g/mol. The molecule has 1 fully saturated rings. The molecule has 3 unspecified atom stereocenters. The van der Waals surface area contributed by atoms with E-state index >= 15 is 0 Å². The summed E-state index contributed by atoms with van der Waals surface area (Å²) in [5, 5.41) is 24.8. The minimum atomic E-state index is -1.06. The number of nitrogens with one attached hydrogen (secondary N) is 1. The lowest BCUT2D eigenvalue weighted by Gasteiger charge is -2.57. The highest BCUT2D eigenvalue weighted by Gasteiger charge is 2.58. The van der Waals surface area contributed by atoms with Gasteiger partial charge >= 0.3 is 0 Å². The number of likely N-dealkylation sites (tertiary alicyclic amines) is 1.